The molecular weight excluding hydrogens is 492 g/mol. The van der Waals surface area contributed by atoms with E-state index in [-0.39, 0.29) is 25.7 Å². The van der Waals surface area contributed by atoms with Crippen molar-refractivity contribution >= 4 is 67.1 Å². The molecule has 0 fully saturated rings. The molecule has 0 amide bonds. The van der Waals surface area contributed by atoms with Crippen LogP contribution < -0.4 is 0 Å². The van der Waals surface area contributed by atoms with Crippen LogP contribution in [-0.2, 0) is 28.7 Å². The summed E-state index contributed by atoms with van der Waals surface area (Å²) in [5, 5.41) is 1.64. The fourth-order valence-corrected chi connectivity index (χ4v) is 5.61. The maximum absolute atomic E-state index is 11.7. The summed E-state index contributed by atoms with van der Waals surface area (Å²) in [7, 11) is 5.68. The summed E-state index contributed by atoms with van der Waals surface area (Å²) in [6.45, 7) is 0. The molecule has 0 bridgehead atoms. The van der Waals surface area contributed by atoms with Crippen LogP contribution in [-0.4, -0.2) is 45.4 Å². The summed E-state index contributed by atoms with van der Waals surface area (Å²) in [5.74, 6) is -2.11. The molecule has 0 aromatic carbocycles. The van der Waals surface area contributed by atoms with Crippen molar-refractivity contribution < 1.29 is 28.7 Å². The van der Waals surface area contributed by atoms with Gasteiger partial charge in [-0.2, -0.15) is 0 Å². The third kappa shape index (κ3) is 12.1. The summed E-state index contributed by atoms with van der Waals surface area (Å²) in [4.78, 5) is 55.0. The van der Waals surface area contributed by atoms with E-state index in [0.29, 0.717) is 11.5 Å². The number of pyridine rings is 2. The van der Waals surface area contributed by atoms with Gasteiger partial charge in [0.15, 0.2) is 0 Å². The summed E-state index contributed by atoms with van der Waals surface area (Å²) in [5.41, 5.74) is 0. The fraction of sp³-hybridized carbons (Fsp3) is 0.300. The smallest absolute Gasteiger partial charge is 0.314 e. The van der Waals surface area contributed by atoms with Crippen molar-refractivity contribution in [2.45, 2.75) is 35.7 Å². The van der Waals surface area contributed by atoms with E-state index >= 15 is 0 Å². The van der Waals surface area contributed by atoms with Gasteiger partial charge in [-0.15, -0.1) is 0 Å². The number of nitrogens with zero attached hydrogens (tertiary/aromatic N) is 2. The number of ether oxygens (including phenoxy) is 2. The van der Waals surface area contributed by atoms with E-state index in [1.807, 2.05) is 36.4 Å². The molecule has 0 N–H and O–H groups in total. The number of hydrogen-bond acceptors (Lipinski definition) is 12. The molecule has 12 heteroatoms. The third-order valence-corrected chi connectivity index (χ3v) is 7.87. The van der Waals surface area contributed by atoms with Crippen molar-refractivity contribution in [3.8, 4) is 0 Å². The van der Waals surface area contributed by atoms with Gasteiger partial charge in [0.05, 0.1) is 25.7 Å². The van der Waals surface area contributed by atoms with Gasteiger partial charge >= 0.3 is 23.9 Å². The molecule has 2 rings (SSSR count). The first kappa shape index (κ1) is 26.2. The lowest BCUT2D eigenvalue weighted by atomic mass is 10.3. The van der Waals surface area contributed by atoms with Crippen molar-refractivity contribution in [2.75, 3.05) is 11.5 Å². The molecule has 2 heterocycles. The molecule has 0 radical (unpaired) electrons. The highest BCUT2D eigenvalue weighted by Crippen LogP contribution is 2.30. The maximum atomic E-state index is 11.7. The van der Waals surface area contributed by atoms with E-state index < -0.39 is 23.9 Å². The summed E-state index contributed by atoms with van der Waals surface area (Å²) in [6, 6.07) is 11.1. The SMILES string of the molecule is O=C(CCSSc1ccccn1)OC(=O)CCC(=O)OC(=O)CCSSc1ccccn1. The number of carbonyl (C=O) groups is 4. The first-order valence-electron chi connectivity index (χ1n) is 9.41. The summed E-state index contributed by atoms with van der Waals surface area (Å²) < 4.78 is 9.32. The average molecular weight is 513 g/mol. The van der Waals surface area contributed by atoms with E-state index in [9.17, 15) is 19.2 Å². The molecule has 0 spiro atoms. The molecule has 0 atom stereocenters. The molecular formula is C20H20N2O6S4. The van der Waals surface area contributed by atoms with Gasteiger partial charge in [0, 0.05) is 23.9 Å². The van der Waals surface area contributed by atoms with E-state index in [1.165, 1.54) is 43.2 Å². The largest absolute Gasteiger partial charge is 0.393 e. The van der Waals surface area contributed by atoms with E-state index in [2.05, 4.69) is 19.4 Å². The van der Waals surface area contributed by atoms with Gasteiger partial charge in [-0.05, 0) is 45.9 Å². The van der Waals surface area contributed by atoms with Crippen LogP contribution in [0.4, 0.5) is 0 Å². The van der Waals surface area contributed by atoms with Crippen LogP contribution in [0.5, 0.6) is 0 Å². The Morgan fingerprint density at radius 2 is 1.03 bits per heavy atom. The molecule has 0 saturated heterocycles. The minimum Gasteiger partial charge on any atom is -0.393 e. The van der Waals surface area contributed by atoms with E-state index in [1.54, 1.807) is 12.4 Å². The topological polar surface area (TPSA) is 113 Å². The zero-order chi connectivity index (χ0) is 23.0. The van der Waals surface area contributed by atoms with Crippen LogP contribution in [0.25, 0.3) is 0 Å². The summed E-state index contributed by atoms with van der Waals surface area (Å²) >= 11 is 0. The standard InChI is InChI=1S/C20H20N2O6S4/c23-17(27-19(25)9-13-29-31-15-5-1-3-11-21-15)7-8-18(24)28-20(26)10-14-30-32-16-6-2-4-12-22-16/h1-6,11-12H,7-10,13-14H2. The van der Waals surface area contributed by atoms with Crippen molar-refractivity contribution in [2.24, 2.45) is 0 Å². The zero-order valence-corrected chi connectivity index (χ0v) is 20.1. The molecule has 0 saturated carbocycles. The minimum atomic E-state index is -0.830. The predicted octanol–water partition coefficient (Wildman–Crippen LogP) is 4.36. The first-order valence-corrected chi connectivity index (χ1v) is 14.0. The molecule has 0 aliphatic rings. The molecule has 2 aromatic rings. The highest BCUT2D eigenvalue weighted by atomic mass is 33.1. The molecule has 32 heavy (non-hydrogen) atoms. The quantitative estimate of drug-likeness (QED) is 0.164. The number of hydrogen-bond donors (Lipinski definition) is 0. The Balaban J connectivity index is 1.49. The van der Waals surface area contributed by atoms with Crippen molar-refractivity contribution in [1.29, 1.82) is 0 Å². The van der Waals surface area contributed by atoms with Gasteiger partial charge in [-0.1, -0.05) is 33.7 Å². The normalized spacial score (nSPS) is 10.4. The van der Waals surface area contributed by atoms with E-state index in [4.69, 9.17) is 0 Å². The first-order chi connectivity index (χ1) is 15.5. The second kappa shape index (κ2) is 15.7. The molecule has 2 aromatic heterocycles. The van der Waals surface area contributed by atoms with Crippen LogP contribution >= 0.6 is 43.2 Å². The average Bonchev–Trinajstić information content (AvgIpc) is 2.79. The molecule has 0 aliphatic carbocycles. The van der Waals surface area contributed by atoms with Crippen LogP contribution in [0.1, 0.15) is 25.7 Å². The van der Waals surface area contributed by atoms with Gasteiger partial charge in [0.25, 0.3) is 0 Å². The van der Waals surface area contributed by atoms with Crippen molar-refractivity contribution in [3.05, 3.63) is 48.8 Å². The second-order valence-electron chi connectivity index (χ2n) is 5.84. The highest BCUT2D eigenvalue weighted by molar-refractivity contribution is 8.77. The Morgan fingerprint density at radius 1 is 0.625 bits per heavy atom. The number of esters is 4. The van der Waals surface area contributed by atoms with Crippen LogP contribution in [0.2, 0.25) is 0 Å². The lowest BCUT2D eigenvalue weighted by Gasteiger charge is -2.04. The monoisotopic (exact) mass is 512 g/mol. The van der Waals surface area contributed by atoms with Gasteiger partial charge < -0.3 is 9.47 Å². The zero-order valence-electron chi connectivity index (χ0n) is 16.8. The Morgan fingerprint density at radius 3 is 1.41 bits per heavy atom. The Labute approximate surface area is 201 Å². The lowest BCUT2D eigenvalue weighted by Crippen LogP contribution is -2.17. The predicted molar refractivity (Wildman–Crippen MR) is 126 cm³/mol. The number of rotatable bonds is 13. The highest BCUT2D eigenvalue weighted by Gasteiger charge is 2.16. The third-order valence-electron chi connectivity index (χ3n) is 3.33. The molecule has 8 nitrogen and oxygen atoms in total. The van der Waals surface area contributed by atoms with Gasteiger partial charge in [0.1, 0.15) is 10.1 Å². The molecule has 170 valence electrons. The van der Waals surface area contributed by atoms with E-state index in [0.717, 1.165) is 10.1 Å². The number of aromatic nitrogens is 2. The Hall–Kier alpha value is -2.02. The van der Waals surface area contributed by atoms with Gasteiger partial charge in [-0.3, -0.25) is 19.2 Å². The number of carbonyl (C=O) groups excluding carboxylic acids is 4. The maximum Gasteiger partial charge on any atom is 0.314 e. The van der Waals surface area contributed by atoms with Crippen molar-refractivity contribution in [1.82, 2.24) is 9.97 Å². The molecule has 0 aliphatic heterocycles. The van der Waals surface area contributed by atoms with Crippen molar-refractivity contribution in [3.63, 3.8) is 0 Å². The van der Waals surface area contributed by atoms with Gasteiger partial charge in [-0.25, -0.2) is 9.97 Å². The van der Waals surface area contributed by atoms with Gasteiger partial charge in [0.2, 0.25) is 0 Å². The Bertz CT molecular complexity index is 813. The fourth-order valence-electron chi connectivity index (χ4n) is 1.91. The van der Waals surface area contributed by atoms with Crippen LogP contribution in [0.15, 0.2) is 58.8 Å². The summed E-state index contributed by atoms with van der Waals surface area (Å²) in [6.07, 6.45) is 2.78. The molecule has 0 unspecified atom stereocenters. The van der Waals surface area contributed by atoms with Crippen LogP contribution in [0, 0.1) is 0 Å². The lowest BCUT2D eigenvalue weighted by molar-refractivity contribution is -0.164. The minimum absolute atomic E-state index is 0.0490. The second-order valence-corrected chi connectivity index (χ2v) is 10.7. The van der Waals surface area contributed by atoms with Crippen LogP contribution in [0.3, 0.4) is 0 Å². The Kier molecular flexibility index (Phi) is 12.9.